The highest BCUT2D eigenvalue weighted by Gasteiger charge is 2.13. The maximum atomic E-state index is 13.1. The van der Waals surface area contributed by atoms with Gasteiger partial charge in [-0.25, -0.2) is 9.18 Å². The van der Waals surface area contributed by atoms with Crippen LogP contribution in [0, 0.1) is 5.82 Å². The predicted molar refractivity (Wildman–Crippen MR) is 87.9 cm³/mol. The summed E-state index contributed by atoms with van der Waals surface area (Å²) in [5.41, 5.74) is 0.718. The highest BCUT2D eigenvalue weighted by Crippen LogP contribution is 2.24. The van der Waals surface area contributed by atoms with E-state index >= 15 is 0 Å². The van der Waals surface area contributed by atoms with E-state index in [2.05, 4.69) is 9.99 Å². The molecule has 0 aliphatic heterocycles. The second-order valence-electron chi connectivity index (χ2n) is 4.72. The Morgan fingerprint density at radius 3 is 2.71 bits per heavy atom. The fraction of sp³-hybridized carbons (Fsp3) is 0.176. The number of hydrogen-bond acceptors (Lipinski definition) is 5. The fourth-order valence-electron chi connectivity index (χ4n) is 1.80. The van der Waals surface area contributed by atoms with Crippen LogP contribution in [0.5, 0.6) is 11.5 Å². The number of nitrogens with zero attached hydrogens (tertiary/aromatic N) is 1. The minimum atomic E-state index is -0.630. The van der Waals surface area contributed by atoms with Crippen LogP contribution in [0.2, 0.25) is 5.02 Å². The van der Waals surface area contributed by atoms with Crippen LogP contribution in [0.1, 0.15) is 12.5 Å². The van der Waals surface area contributed by atoms with E-state index in [0.29, 0.717) is 17.1 Å². The van der Waals surface area contributed by atoms with E-state index in [1.54, 1.807) is 24.3 Å². The molecule has 126 valence electrons. The summed E-state index contributed by atoms with van der Waals surface area (Å²) >= 11 is 5.71. The molecule has 0 spiro atoms. The summed E-state index contributed by atoms with van der Waals surface area (Å²) in [6, 6.07) is 10.9. The van der Waals surface area contributed by atoms with Crippen LogP contribution in [0.25, 0.3) is 0 Å². The molecule has 5 nitrogen and oxygen atoms in total. The second-order valence-corrected chi connectivity index (χ2v) is 5.13. The summed E-state index contributed by atoms with van der Waals surface area (Å²) < 4.78 is 24.0. The second kappa shape index (κ2) is 8.31. The van der Waals surface area contributed by atoms with E-state index in [-0.39, 0.29) is 17.3 Å². The molecule has 0 fully saturated rings. The number of carbonyl (C=O) groups excluding carboxylic acids is 1. The van der Waals surface area contributed by atoms with Gasteiger partial charge in [0, 0.05) is 11.6 Å². The normalized spacial score (nSPS) is 11.1. The summed E-state index contributed by atoms with van der Waals surface area (Å²) in [5.74, 6) is -0.415. The van der Waals surface area contributed by atoms with Gasteiger partial charge in [-0.1, -0.05) is 35.0 Å². The lowest BCUT2D eigenvalue weighted by molar-refractivity contribution is -0.127. The van der Waals surface area contributed by atoms with Gasteiger partial charge in [-0.2, -0.15) is 0 Å². The molecule has 0 radical (unpaired) electrons. The molecule has 0 aliphatic rings. The lowest BCUT2D eigenvalue weighted by atomic mass is 10.2. The predicted octanol–water partition coefficient (Wildman–Crippen LogP) is 3.99. The first-order valence-corrected chi connectivity index (χ1v) is 7.34. The Hall–Kier alpha value is -2.60. The van der Waals surface area contributed by atoms with Crippen molar-refractivity contribution in [2.24, 2.45) is 5.16 Å². The fourth-order valence-corrected chi connectivity index (χ4v) is 1.97. The zero-order chi connectivity index (χ0) is 17.5. The molecule has 0 saturated carbocycles. The van der Waals surface area contributed by atoms with E-state index in [1.165, 1.54) is 32.2 Å². The van der Waals surface area contributed by atoms with Crippen molar-refractivity contribution in [3.63, 3.8) is 0 Å². The summed E-state index contributed by atoms with van der Waals surface area (Å²) in [5, 5.41) is 3.49. The number of rotatable bonds is 6. The van der Waals surface area contributed by atoms with E-state index < -0.39 is 11.8 Å². The van der Waals surface area contributed by atoms with Crippen molar-refractivity contribution in [1.29, 1.82) is 0 Å². The third kappa shape index (κ3) is 4.70. The maximum absolute atomic E-state index is 13.1. The first-order chi connectivity index (χ1) is 11.5. The minimum Gasteiger partial charge on any atom is -0.489 e. The van der Waals surface area contributed by atoms with Crippen LogP contribution in [0.3, 0.4) is 0 Å². The monoisotopic (exact) mass is 351 g/mol. The van der Waals surface area contributed by atoms with Crippen LogP contribution in [-0.4, -0.2) is 18.8 Å². The highest BCUT2D eigenvalue weighted by atomic mass is 35.5. The first-order valence-electron chi connectivity index (χ1n) is 6.97. The summed E-state index contributed by atoms with van der Waals surface area (Å²) in [6.07, 6.45) is 0. The lowest BCUT2D eigenvalue weighted by Gasteiger charge is -2.11. The third-order valence-electron chi connectivity index (χ3n) is 2.98. The van der Waals surface area contributed by atoms with Gasteiger partial charge in [0.1, 0.15) is 31.0 Å². The van der Waals surface area contributed by atoms with Gasteiger partial charge < -0.3 is 14.3 Å². The van der Waals surface area contributed by atoms with Crippen molar-refractivity contribution in [2.45, 2.75) is 13.5 Å². The van der Waals surface area contributed by atoms with Gasteiger partial charge in [-0.3, -0.25) is 0 Å². The number of ether oxygens (including phenoxy) is 2. The van der Waals surface area contributed by atoms with Crippen LogP contribution in [0.4, 0.5) is 4.39 Å². The molecule has 0 unspecified atom stereocenters. The number of oxime groups is 1. The van der Waals surface area contributed by atoms with Gasteiger partial charge in [0.15, 0.2) is 5.71 Å². The zero-order valence-corrected chi connectivity index (χ0v) is 13.8. The highest BCUT2D eigenvalue weighted by molar-refractivity contribution is 6.35. The van der Waals surface area contributed by atoms with Gasteiger partial charge in [0.05, 0.1) is 5.02 Å². The molecule has 0 N–H and O–H groups in total. The molecule has 2 aromatic carbocycles. The average Bonchev–Trinajstić information content (AvgIpc) is 2.57. The SMILES string of the molecule is CON=C(C)C(=O)Oc1ccccc1COc1ccc(F)c(Cl)c1. The van der Waals surface area contributed by atoms with E-state index in [1.807, 2.05) is 0 Å². The van der Waals surface area contributed by atoms with Crippen LogP contribution in [0.15, 0.2) is 47.6 Å². The molecule has 2 rings (SSSR count). The Kier molecular flexibility index (Phi) is 6.14. The average molecular weight is 352 g/mol. The van der Waals surface area contributed by atoms with Crippen LogP contribution >= 0.6 is 11.6 Å². The Balaban J connectivity index is 2.09. The van der Waals surface area contributed by atoms with E-state index in [4.69, 9.17) is 21.1 Å². The molecular weight excluding hydrogens is 337 g/mol. The molecule has 0 aromatic heterocycles. The number of esters is 1. The molecule has 7 heteroatoms. The van der Waals surface area contributed by atoms with E-state index in [0.717, 1.165) is 0 Å². The molecule has 24 heavy (non-hydrogen) atoms. The van der Waals surface area contributed by atoms with Crippen molar-refractivity contribution < 1.29 is 23.5 Å². The summed E-state index contributed by atoms with van der Waals surface area (Å²) in [6.45, 7) is 1.59. The maximum Gasteiger partial charge on any atom is 0.361 e. The number of hydrogen-bond donors (Lipinski definition) is 0. The van der Waals surface area contributed by atoms with Crippen LogP contribution in [-0.2, 0) is 16.2 Å². The van der Waals surface area contributed by atoms with Crippen molar-refractivity contribution in [1.82, 2.24) is 0 Å². The zero-order valence-electron chi connectivity index (χ0n) is 13.1. The number of halogens is 2. The smallest absolute Gasteiger partial charge is 0.361 e. The third-order valence-corrected chi connectivity index (χ3v) is 3.27. The number of carbonyl (C=O) groups is 1. The first kappa shape index (κ1) is 17.7. The Labute approximate surface area is 143 Å². The van der Waals surface area contributed by atoms with Crippen molar-refractivity contribution in [3.05, 3.63) is 58.9 Å². The topological polar surface area (TPSA) is 57.1 Å². The molecule has 0 bridgehead atoms. The van der Waals surface area contributed by atoms with E-state index in [9.17, 15) is 9.18 Å². The molecule has 0 aliphatic carbocycles. The largest absolute Gasteiger partial charge is 0.489 e. The van der Waals surface area contributed by atoms with Gasteiger partial charge in [-0.05, 0) is 25.1 Å². The number of benzene rings is 2. The van der Waals surface area contributed by atoms with Crippen molar-refractivity contribution >= 4 is 23.3 Å². The molecule has 0 heterocycles. The number of para-hydroxylation sites is 1. The molecule has 0 amide bonds. The summed E-state index contributed by atoms with van der Waals surface area (Å²) in [7, 11) is 1.34. The Morgan fingerprint density at radius 2 is 2.00 bits per heavy atom. The van der Waals surface area contributed by atoms with Crippen LogP contribution < -0.4 is 9.47 Å². The minimum absolute atomic E-state index is 0.0291. The Bertz CT molecular complexity index is 764. The van der Waals surface area contributed by atoms with Gasteiger partial charge in [0.25, 0.3) is 0 Å². The quantitative estimate of drug-likeness (QED) is 0.342. The van der Waals surface area contributed by atoms with Crippen molar-refractivity contribution in [3.8, 4) is 11.5 Å². The Morgan fingerprint density at radius 1 is 1.25 bits per heavy atom. The molecule has 0 atom stereocenters. The standard InChI is InChI=1S/C17H15ClFNO4/c1-11(20-22-2)17(21)24-16-6-4-3-5-12(16)10-23-13-7-8-15(19)14(18)9-13/h3-9H,10H2,1-2H3. The molecular formula is C17H15ClFNO4. The van der Waals surface area contributed by atoms with Gasteiger partial charge in [0.2, 0.25) is 0 Å². The molecule has 2 aromatic rings. The van der Waals surface area contributed by atoms with Gasteiger partial charge >= 0.3 is 5.97 Å². The van der Waals surface area contributed by atoms with Gasteiger partial charge in [-0.15, -0.1) is 0 Å². The summed E-state index contributed by atoms with van der Waals surface area (Å²) in [4.78, 5) is 16.4. The lowest BCUT2D eigenvalue weighted by Crippen LogP contribution is -2.18. The van der Waals surface area contributed by atoms with Crippen molar-refractivity contribution in [2.75, 3.05) is 7.11 Å². The molecule has 0 saturated heterocycles.